The van der Waals surface area contributed by atoms with Gasteiger partial charge in [0, 0.05) is 30.9 Å². The van der Waals surface area contributed by atoms with E-state index in [1.165, 1.54) is 0 Å². The molecule has 0 unspecified atom stereocenters. The summed E-state index contributed by atoms with van der Waals surface area (Å²) in [7, 11) is 0. The number of hydrogen-bond donors (Lipinski definition) is 2. The summed E-state index contributed by atoms with van der Waals surface area (Å²) in [5.74, 6) is 0.867. The first kappa shape index (κ1) is 20.2. The molecule has 2 aromatic rings. The van der Waals surface area contributed by atoms with Crippen LogP contribution in [-0.2, 0) is 4.74 Å². The van der Waals surface area contributed by atoms with E-state index in [9.17, 15) is 9.59 Å². The van der Waals surface area contributed by atoms with Crippen molar-refractivity contribution >= 4 is 28.6 Å². The van der Waals surface area contributed by atoms with Gasteiger partial charge in [0.1, 0.15) is 16.4 Å². The summed E-state index contributed by atoms with van der Waals surface area (Å²) < 4.78 is 17.1. The van der Waals surface area contributed by atoms with Crippen molar-refractivity contribution in [2.24, 2.45) is 0 Å². The van der Waals surface area contributed by atoms with Crippen LogP contribution >= 0.6 is 11.3 Å². The Hall–Kier alpha value is -2.52. The first-order valence-corrected chi connectivity index (χ1v) is 10.1. The van der Waals surface area contributed by atoms with Crippen molar-refractivity contribution in [2.75, 3.05) is 49.7 Å². The van der Waals surface area contributed by atoms with Gasteiger partial charge in [-0.05, 0) is 20.8 Å². The molecule has 2 N–H and O–H groups in total. The zero-order chi connectivity index (χ0) is 20.1. The van der Waals surface area contributed by atoms with E-state index in [-0.39, 0.29) is 10.8 Å². The number of carbonyl (C=O) groups is 1. The quantitative estimate of drug-likeness (QED) is 0.733. The summed E-state index contributed by atoms with van der Waals surface area (Å²) in [6, 6.07) is 3.67. The Morgan fingerprint density at radius 2 is 1.89 bits per heavy atom. The van der Waals surface area contributed by atoms with Gasteiger partial charge in [-0.15, -0.1) is 0 Å². The molecule has 28 heavy (non-hydrogen) atoms. The van der Waals surface area contributed by atoms with E-state index in [0.717, 1.165) is 30.1 Å². The van der Waals surface area contributed by atoms with E-state index < -0.39 is 0 Å². The normalized spacial score (nSPS) is 14.0. The van der Waals surface area contributed by atoms with Crippen molar-refractivity contribution in [1.29, 1.82) is 0 Å². The third-order valence-corrected chi connectivity index (χ3v) is 5.28. The lowest BCUT2D eigenvalue weighted by atomic mass is 10.2. The molecule has 152 valence electrons. The van der Waals surface area contributed by atoms with Crippen molar-refractivity contribution in [3.63, 3.8) is 0 Å². The second-order valence-electron chi connectivity index (χ2n) is 6.20. The highest BCUT2D eigenvalue weighted by Crippen LogP contribution is 2.39. The largest absolute Gasteiger partial charge is 0.492 e. The minimum Gasteiger partial charge on any atom is -0.492 e. The molecule has 3 rings (SSSR count). The molecule has 0 radical (unpaired) electrons. The third kappa shape index (κ3) is 4.48. The maximum Gasteiger partial charge on any atom is 0.305 e. The van der Waals surface area contributed by atoms with E-state index in [2.05, 4.69) is 15.2 Å². The number of benzene rings is 1. The number of nitrogens with one attached hydrogen (secondary N) is 2. The first-order valence-electron chi connectivity index (χ1n) is 9.30. The Labute approximate surface area is 167 Å². The van der Waals surface area contributed by atoms with Gasteiger partial charge in [0.15, 0.2) is 0 Å². The Balaban J connectivity index is 1.96. The lowest BCUT2D eigenvalue weighted by Gasteiger charge is -2.31. The van der Waals surface area contributed by atoms with Crippen LogP contribution in [0.4, 0.5) is 11.4 Å². The van der Waals surface area contributed by atoms with Crippen LogP contribution < -0.4 is 24.6 Å². The second kappa shape index (κ2) is 9.11. The number of anilines is 2. The number of morpholine rings is 1. The van der Waals surface area contributed by atoms with Gasteiger partial charge < -0.3 is 29.4 Å². The second-order valence-corrected chi connectivity index (χ2v) is 7.19. The number of aromatic nitrogens is 1. The number of nitrogens with zero attached hydrogens (tertiary/aromatic N) is 1. The van der Waals surface area contributed by atoms with Crippen molar-refractivity contribution in [3.05, 3.63) is 32.4 Å². The molecule has 1 aliphatic heterocycles. The number of rotatable bonds is 7. The van der Waals surface area contributed by atoms with E-state index in [1.54, 1.807) is 13.0 Å². The predicted molar refractivity (Wildman–Crippen MR) is 109 cm³/mol. The van der Waals surface area contributed by atoms with Crippen LogP contribution in [-0.4, -0.2) is 50.4 Å². The number of thiazole rings is 1. The predicted octanol–water partition coefficient (Wildman–Crippen LogP) is 2.63. The molecular formula is C19H25N3O5S. The molecule has 8 nitrogen and oxygen atoms in total. The molecule has 0 aliphatic carbocycles. The fraction of sp³-hybridized carbons (Fsp3) is 0.474. The maximum atomic E-state index is 12.7. The Kier molecular flexibility index (Phi) is 6.58. The van der Waals surface area contributed by atoms with Gasteiger partial charge in [0.05, 0.1) is 37.8 Å². The number of aromatic amines is 1. The van der Waals surface area contributed by atoms with Crippen molar-refractivity contribution in [2.45, 2.75) is 20.8 Å². The fourth-order valence-corrected chi connectivity index (χ4v) is 3.78. The van der Waals surface area contributed by atoms with E-state index in [0.29, 0.717) is 54.2 Å². The van der Waals surface area contributed by atoms with E-state index >= 15 is 0 Å². The number of amides is 1. The van der Waals surface area contributed by atoms with Gasteiger partial charge in [0.2, 0.25) is 0 Å². The van der Waals surface area contributed by atoms with Crippen molar-refractivity contribution < 1.29 is 19.0 Å². The maximum absolute atomic E-state index is 12.7. The molecule has 9 heteroatoms. The summed E-state index contributed by atoms with van der Waals surface area (Å²) in [4.78, 5) is 29.1. The van der Waals surface area contributed by atoms with E-state index in [4.69, 9.17) is 14.2 Å². The number of carbonyl (C=O) groups excluding carboxylic acids is 1. The van der Waals surface area contributed by atoms with Gasteiger partial charge in [0.25, 0.3) is 5.91 Å². The van der Waals surface area contributed by atoms with Gasteiger partial charge in [-0.2, -0.15) is 0 Å². The molecular weight excluding hydrogens is 382 g/mol. The summed E-state index contributed by atoms with van der Waals surface area (Å²) in [6.07, 6.45) is 0. The molecule has 1 aromatic carbocycles. The smallest absolute Gasteiger partial charge is 0.305 e. The highest BCUT2D eigenvalue weighted by Gasteiger charge is 2.21. The summed E-state index contributed by atoms with van der Waals surface area (Å²) in [5, 5.41) is 2.86. The van der Waals surface area contributed by atoms with Crippen LogP contribution in [0.3, 0.4) is 0 Å². The molecule has 2 heterocycles. The van der Waals surface area contributed by atoms with Crippen LogP contribution in [0.5, 0.6) is 11.5 Å². The minimum absolute atomic E-state index is 0.259. The first-order chi connectivity index (χ1) is 13.5. The average molecular weight is 407 g/mol. The summed E-state index contributed by atoms with van der Waals surface area (Å²) in [6.45, 7) is 9.27. The number of aryl methyl sites for hydroxylation is 1. The Morgan fingerprint density at radius 1 is 1.21 bits per heavy atom. The molecule has 1 fully saturated rings. The van der Waals surface area contributed by atoms with Gasteiger partial charge in [-0.1, -0.05) is 11.3 Å². The topological polar surface area (TPSA) is 92.9 Å². The third-order valence-electron chi connectivity index (χ3n) is 4.29. The van der Waals surface area contributed by atoms with Crippen LogP contribution in [0, 0.1) is 6.92 Å². The van der Waals surface area contributed by atoms with Crippen molar-refractivity contribution in [3.8, 4) is 11.5 Å². The number of ether oxygens (including phenoxy) is 3. The monoisotopic (exact) mass is 407 g/mol. The standard InChI is InChI=1S/C19H25N3O5S/c1-4-26-15-11-14(22-6-8-25-9-7-22)16(27-5-2)10-13(15)21-18(23)17-12(3)20-19(24)28-17/h10-11H,4-9H2,1-3H3,(H,20,24)(H,21,23). The summed E-state index contributed by atoms with van der Waals surface area (Å²) >= 11 is 0.884. The van der Waals surface area contributed by atoms with Crippen LogP contribution in [0.25, 0.3) is 0 Å². The van der Waals surface area contributed by atoms with Gasteiger partial charge >= 0.3 is 4.87 Å². The van der Waals surface area contributed by atoms with Gasteiger partial charge in [-0.3, -0.25) is 9.59 Å². The molecule has 1 aromatic heterocycles. The Morgan fingerprint density at radius 3 is 2.50 bits per heavy atom. The average Bonchev–Trinajstić information content (AvgIpc) is 3.03. The van der Waals surface area contributed by atoms with Crippen LogP contribution in [0.2, 0.25) is 0 Å². The van der Waals surface area contributed by atoms with E-state index in [1.807, 2.05) is 19.9 Å². The molecule has 0 bridgehead atoms. The number of H-pyrrole nitrogens is 1. The molecule has 0 spiro atoms. The molecule has 0 saturated carbocycles. The van der Waals surface area contributed by atoms with Gasteiger partial charge in [-0.25, -0.2) is 0 Å². The zero-order valence-electron chi connectivity index (χ0n) is 16.3. The lowest BCUT2D eigenvalue weighted by Crippen LogP contribution is -2.36. The fourth-order valence-electron chi connectivity index (χ4n) is 3.04. The molecule has 1 aliphatic rings. The Bertz CT molecular complexity index is 886. The van der Waals surface area contributed by atoms with Crippen LogP contribution in [0.15, 0.2) is 16.9 Å². The SMILES string of the molecule is CCOc1cc(N2CCOCC2)c(OCC)cc1NC(=O)c1sc(=O)[nH]c1C. The lowest BCUT2D eigenvalue weighted by molar-refractivity contribution is 0.102. The zero-order valence-corrected chi connectivity index (χ0v) is 17.1. The van der Waals surface area contributed by atoms with Crippen molar-refractivity contribution in [1.82, 2.24) is 4.98 Å². The highest BCUT2D eigenvalue weighted by molar-refractivity contribution is 7.11. The van der Waals surface area contributed by atoms with Crippen LogP contribution in [0.1, 0.15) is 29.2 Å². The highest BCUT2D eigenvalue weighted by atomic mass is 32.1. The molecule has 0 atom stereocenters. The molecule has 1 saturated heterocycles. The summed E-state index contributed by atoms with van der Waals surface area (Å²) in [5.41, 5.74) is 1.96. The number of hydrogen-bond acceptors (Lipinski definition) is 7. The minimum atomic E-state index is -0.358. The molecule has 1 amide bonds.